The number of nitrogens with one attached hydrogen (secondary N) is 1. The Labute approximate surface area is 130 Å². The molecule has 0 aromatic heterocycles. The van der Waals surface area contributed by atoms with Crippen molar-refractivity contribution < 1.29 is 15.0 Å². The van der Waals surface area contributed by atoms with Crippen LogP contribution in [-0.2, 0) is 0 Å². The predicted molar refractivity (Wildman–Crippen MR) is 83.6 cm³/mol. The van der Waals surface area contributed by atoms with Crippen molar-refractivity contribution in [2.75, 3.05) is 0 Å². The highest BCUT2D eigenvalue weighted by atomic mass is 79.9. The number of phenols is 2. The van der Waals surface area contributed by atoms with Crippen LogP contribution in [-0.4, -0.2) is 21.8 Å². The van der Waals surface area contributed by atoms with Crippen LogP contribution in [0, 0.1) is 0 Å². The van der Waals surface area contributed by atoms with E-state index in [9.17, 15) is 15.0 Å². The van der Waals surface area contributed by atoms with Crippen LogP contribution in [0.25, 0.3) is 0 Å². The number of hydrogen-bond acceptors (Lipinski definition) is 4. The van der Waals surface area contributed by atoms with Gasteiger partial charge in [0.25, 0.3) is 5.91 Å². The van der Waals surface area contributed by atoms with Gasteiger partial charge in [-0.1, -0.05) is 12.1 Å². The van der Waals surface area contributed by atoms with E-state index in [0.29, 0.717) is 21.3 Å². The number of hydrogen-bond donors (Lipinski definition) is 3. The minimum absolute atomic E-state index is 0.0405. The van der Waals surface area contributed by atoms with Gasteiger partial charge in [0.05, 0.1) is 11.3 Å². The van der Waals surface area contributed by atoms with E-state index in [1.165, 1.54) is 18.2 Å². The van der Waals surface area contributed by atoms with E-state index in [1.807, 2.05) is 6.07 Å². The lowest BCUT2D eigenvalue weighted by molar-refractivity contribution is 0.0954. The number of carbonyl (C=O) groups excluding carboxylic acids is 1. The summed E-state index contributed by atoms with van der Waals surface area (Å²) in [5, 5.41) is 22.9. The molecule has 0 aliphatic rings. The smallest absolute Gasteiger partial charge is 0.272 e. The number of nitrogens with zero attached hydrogens (tertiary/aromatic N) is 1. The standard InChI is InChI=1S/C15H13BrN2O3/c1-9(11-7-6-10(19)8-14(11)20)17-18-15(21)12-4-2-3-5-13(12)16/h2-8,19-20H,1H3,(H,18,21)/b17-9-. The lowest BCUT2D eigenvalue weighted by Gasteiger charge is -2.06. The van der Waals surface area contributed by atoms with Crippen molar-refractivity contribution in [2.45, 2.75) is 6.92 Å². The molecule has 0 saturated heterocycles. The molecule has 0 aliphatic heterocycles. The van der Waals surface area contributed by atoms with E-state index in [4.69, 9.17) is 0 Å². The van der Waals surface area contributed by atoms with Gasteiger partial charge in [-0.25, -0.2) is 5.43 Å². The summed E-state index contributed by atoms with van der Waals surface area (Å²) in [6, 6.07) is 11.2. The summed E-state index contributed by atoms with van der Waals surface area (Å²) in [5.74, 6) is -0.507. The third-order valence-corrected chi connectivity index (χ3v) is 3.51. The first-order chi connectivity index (χ1) is 9.99. The molecule has 3 N–H and O–H groups in total. The topological polar surface area (TPSA) is 81.9 Å². The Kier molecular flexibility index (Phi) is 4.59. The highest BCUT2D eigenvalue weighted by molar-refractivity contribution is 9.10. The quantitative estimate of drug-likeness (QED) is 0.589. The molecule has 0 fully saturated rings. The monoisotopic (exact) mass is 348 g/mol. The van der Waals surface area contributed by atoms with Gasteiger partial charge in [0.1, 0.15) is 11.5 Å². The number of halogens is 1. The first-order valence-corrected chi connectivity index (χ1v) is 6.90. The lowest BCUT2D eigenvalue weighted by Crippen LogP contribution is -2.19. The van der Waals surface area contributed by atoms with Crippen LogP contribution in [0.2, 0.25) is 0 Å². The fourth-order valence-electron chi connectivity index (χ4n) is 1.73. The van der Waals surface area contributed by atoms with Crippen molar-refractivity contribution in [2.24, 2.45) is 5.10 Å². The Morgan fingerprint density at radius 2 is 1.86 bits per heavy atom. The number of benzene rings is 2. The van der Waals surface area contributed by atoms with Crippen molar-refractivity contribution in [3.8, 4) is 11.5 Å². The third kappa shape index (κ3) is 3.61. The number of phenolic OH excluding ortho intramolecular Hbond substituents is 2. The second kappa shape index (κ2) is 6.41. The van der Waals surface area contributed by atoms with Crippen LogP contribution in [0.15, 0.2) is 52.0 Å². The molecule has 2 aromatic carbocycles. The van der Waals surface area contributed by atoms with Crippen molar-refractivity contribution in [1.82, 2.24) is 5.43 Å². The molecule has 0 atom stereocenters. The van der Waals surface area contributed by atoms with Crippen LogP contribution in [0.3, 0.4) is 0 Å². The summed E-state index contributed by atoms with van der Waals surface area (Å²) >= 11 is 3.29. The Hall–Kier alpha value is -2.34. The predicted octanol–water partition coefficient (Wildman–Crippen LogP) is 3.01. The molecule has 6 heteroatoms. The van der Waals surface area contributed by atoms with Crippen molar-refractivity contribution >= 4 is 27.5 Å². The number of aromatic hydroxyl groups is 2. The van der Waals surface area contributed by atoms with Gasteiger partial charge in [-0.05, 0) is 47.1 Å². The third-order valence-electron chi connectivity index (χ3n) is 2.81. The molecular weight excluding hydrogens is 336 g/mol. The molecular formula is C15H13BrN2O3. The summed E-state index contributed by atoms with van der Waals surface area (Å²) in [4.78, 5) is 12.0. The van der Waals surface area contributed by atoms with Gasteiger partial charge in [-0.2, -0.15) is 5.10 Å². The molecule has 108 valence electrons. The van der Waals surface area contributed by atoms with E-state index in [1.54, 1.807) is 25.1 Å². The van der Waals surface area contributed by atoms with Gasteiger partial charge in [-0.15, -0.1) is 0 Å². The van der Waals surface area contributed by atoms with Crippen LogP contribution in [0.5, 0.6) is 11.5 Å². The van der Waals surface area contributed by atoms with Gasteiger partial charge in [0.2, 0.25) is 0 Å². The minimum Gasteiger partial charge on any atom is -0.508 e. The molecule has 1 amide bonds. The molecule has 0 bridgehead atoms. The van der Waals surface area contributed by atoms with Gasteiger partial charge < -0.3 is 10.2 Å². The highest BCUT2D eigenvalue weighted by Gasteiger charge is 2.10. The summed E-state index contributed by atoms with van der Waals surface area (Å²) < 4.78 is 0.669. The zero-order valence-corrected chi connectivity index (χ0v) is 12.8. The second-order valence-corrected chi connectivity index (χ2v) is 5.17. The van der Waals surface area contributed by atoms with E-state index in [-0.39, 0.29) is 17.4 Å². The van der Waals surface area contributed by atoms with Crippen LogP contribution >= 0.6 is 15.9 Å². The van der Waals surface area contributed by atoms with Crippen molar-refractivity contribution in [3.05, 3.63) is 58.1 Å². The number of hydrazone groups is 1. The van der Waals surface area contributed by atoms with E-state index < -0.39 is 0 Å². The summed E-state index contributed by atoms with van der Waals surface area (Å²) in [7, 11) is 0. The highest BCUT2D eigenvalue weighted by Crippen LogP contribution is 2.23. The minimum atomic E-state index is -0.361. The summed E-state index contributed by atoms with van der Waals surface area (Å²) in [5.41, 5.74) is 3.74. The molecule has 0 saturated carbocycles. The van der Waals surface area contributed by atoms with Crippen molar-refractivity contribution in [3.63, 3.8) is 0 Å². The molecule has 0 radical (unpaired) electrons. The van der Waals surface area contributed by atoms with E-state index in [2.05, 4.69) is 26.5 Å². The molecule has 21 heavy (non-hydrogen) atoms. The molecule has 0 spiro atoms. The zero-order chi connectivity index (χ0) is 15.4. The Morgan fingerprint density at radius 3 is 2.52 bits per heavy atom. The lowest BCUT2D eigenvalue weighted by atomic mass is 10.1. The molecule has 5 nitrogen and oxygen atoms in total. The molecule has 0 heterocycles. The fourth-order valence-corrected chi connectivity index (χ4v) is 2.19. The molecule has 0 aliphatic carbocycles. The van der Waals surface area contributed by atoms with E-state index >= 15 is 0 Å². The van der Waals surface area contributed by atoms with Gasteiger partial charge >= 0.3 is 0 Å². The van der Waals surface area contributed by atoms with Crippen LogP contribution in [0.4, 0.5) is 0 Å². The first kappa shape index (κ1) is 15.1. The van der Waals surface area contributed by atoms with Crippen LogP contribution in [0.1, 0.15) is 22.8 Å². The largest absolute Gasteiger partial charge is 0.508 e. The van der Waals surface area contributed by atoms with Crippen molar-refractivity contribution in [1.29, 1.82) is 0 Å². The molecule has 2 aromatic rings. The average molecular weight is 349 g/mol. The Morgan fingerprint density at radius 1 is 1.14 bits per heavy atom. The Bertz CT molecular complexity index is 714. The molecule has 2 rings (SSSR count). The average Bonchev–Trinajstić information content (AvgIpc) is 2.45. The number of rotatable bonds is 3. The number of carbonyl (C=O) groups is 1. The fraction of sp³-hybridized carbons (Fsp3) is 0.0667. The van der Waals surface area contributed by atoms with Gasteiger partial charge in [0.15, 0.2) is 0 Å². The zero-order valence-electron chi connectivity index (χ0n) is 11.2. The maximum atomic E-state index is 12.0. The maximum absolute atomic E-state index is 12.0. The second-order valence-electron chi connectivity index (χ2n) is 4.32. The summed E-state index contributed by atoms with van der Waals surface area (Å²) in [6.07, 6.45) is 0. The Balaban J connectivity index is 2.17. The molecule has 0 unspecified atom stereocenters. The maximum Gasteiger partial charge on any atom is 0.272 e. The van der Waals surface area contributed by atoms with E-state index in [0.717, 1.165) is 0 Å². The van der Waals surface area contributed by atoms with Gasteiger partial charge in [0, 0.05) is 16.1 Å². The first-order valence-electron chi connectivity index (χ1n) is 6.10. The summed E-state index contributed by atoms with van der Waals surface area (Å²) in [6.45, 7) is 1.65. The normalized spacial score (nSPS) is 11.2. The SMILES string of the molecule is C/C(=N/NC(=O)c1ccccc1Br)c1ccc(O)cc1O. The van der Waals surface area contributed by atoms with Crippen LogP contribution < -0.4 is 5.43 Å². The van der Waals surface area contributed by atoms with Gasteiger partial charge in [-0.3, -0.25) is 4.79 Å². The number of amides is 1.